The van der Waals surface area contributed by atoms with Crippen LogP contribution in [0.5, 0.6) is 0 Å². The van der Waals surface area contributed by atoms with Crippen LogP contribution in [0.2, 0.25) is 0 Å². The Labute approximate surface area is 541 Å². The first-order valence-corrected chi connectivity index (χ1v) is 30.7. The van der Waals surface area contributed by atoms with E-state index in [1.54, 1.807) is 60.7 Å². The number of rotatable bonds is 30. The van der Waals surface area contributed by atoms with Gasteiger partial charge in [-0.1, -0.05) is 60.7 Å². The zero-order valence-corrected chi connectivity index (χ0v) is 51.9. The van der Waals surface area contributed by atoms with Crippen LogP contribution in [0.4, 0.5) is 0 Å². The van der Waals surface area contributed by atoms with Gasteiger partial charge in [-0.25, -0.2) is 0 Å². The zero-order chi connectivity index (χ0) is 69.1. The minimum atomic E-state index is -1.68. The van der Waals surface area contributed by atoms with Crippen LogP contribution in [0.1, 0.15) is 101 Å². The smallest absolute Gasteiger partial charge is 0.305 e. The molecule has 2 aromatic rings. The number of carbonyl (C=O) groups is 14. The quantitative estimate of drug-likeness (QED) is 0.0196. The molecule has 0 bridgehead atoms. The van der Waals surface area contributed by atoms with Gasteiger partial charge in [0, 0.05) is 45.4 Å². The Kier molecular flexibility index (Phi) is 32.6. The maximum Gasteiger partial charge on any atom is 0.305 e. The average Bonchev–Trinajstić information content (AvgIpc) is 1.39. The fourth-order valence-electron chi connectivity index (χ4n) is 9.70. The molecule has 0 radical (unpaired) electrons. The number of guanidine groups is 2. The van der Waals surface area contributed by atoms with Crippen LogP contribution in [-0.4, -0.2) is 199 Å². The maximum absolute atomic E-state index is 14.2. The number of nitrogens with zero attached hydrogens (tertiary/aromatic N) is 2. The third-order valence-corrected chi connectivity index (χ3v) is 14.6. The summed E-state index contributed by atoms with van der Waals surface area (Å²) < 4.78 is 0. The van der Waals surface area contributed by atoms with Crippen LogP contribution in [0.15, 0.2) is 70.6 Å². The summed E-state index contributed by atoms with van der Waals surface area (Å²) in [5.41, 5.74) is 29.1. The number of aliphatic imine (C=N–C) groups is 2. The Balaban J connectivity index is 1.39. The number of aliphatic carboxylic acids is 2. The molecule has 24 N–H and O–H groups in total. The number of carboxylic acid groups (broad SMARTS) is 2. The third kappa shape index (κ3) is 29.2. The third-order valence-electron chi connectivity index (χ3n) is 14.6. The minimum Gasteiger partial charge on any atom is -0.481 e. The molecule has 35 heteroatoms. The monoisotopic (exact) mass is 1320 g/mol. The van der Waals surface area contributed by atoms with Crippen molar-refractivity contribution in [3.63, 3.8) is 0 Å². The van der Waals surface area contributed by atoms with Gasteiger partial charge in [-0.05, 0) is 81.8 Å². The van der Waals surface area contributed by atoms with Crippen LogP contribution < -0.4 is 92.5 Å². The highest BCUT2D eigenvalue weighted by Crippen LogP contribution is 2.13. The van der Waals surface area contributed by atoms with Gasteiger partial charge in [-0.15, -0.1) is 0 Å². The largest absolute Gasteiger partial charge is 0.481 e. The number of benzene rings is 2. The number of carboxylic acids is 2. The topological polar surface area (TPSA) is 579 Å². The van der Waals surface area contributed by atoms with E-state index in [4.69, 9.17) is 28.7 Å². The molecule has 9 atom stereocenters. The summed E-state index contributed by atoms with van der Waals surface area (Å²) in [4.78, 5) is 194. The molecule has 35 nitrogen and oxygen atoms in total. The normalized spacial score (nSPS) is 21.5. The Morgan fingerprint density at radius 2 is 0.787 bits per heavy atom. The molecular weight excluding hydrogens is 1230 g/mol. The molecule has 2 aliphatic heterocycles. The summed E-state index contributed by atoms with van der Waals surface area (Å²) in [6, 6.07) is 4.29. The molecule has 94 heavy (non-hydrogen) atoms. The molecule has 2 aliphatic rings. The number of nitrogens with two attached hydrogens (primary N) is 5. The van der Waals surface area contributed by atoms with Crippen molar-refractivity contribution < 1.29 is 77.3 Å². The van der Waals surface area contributed by atoms with E-state index in [-0.39, 0.29) is 128 Å². The summed E-state index contributed by atoms with van der Waals surface area (Å²) in [5, 5.41) is 49.5. The lowest BCUT2D eigenvalue weighted by molar-refractivity contribution is -0.141. The standard InChI is InChI=1S/C59H87N19O16/c60-35(49(86)66-24-10-8-18-39-55(92)76-41(28-34-15-5-2-6-16-34)57(94)78-43(30-48(84)85)51(88)70-32-46(81)72-37(53(90)74-39)20-12-26-68-59(63)64)21-22-44(79)65-23-9-7-17-38-54(91)75-40(27-33-13-3-1-4-14-33)56(93)77-42(29-47(82)83)50(87)69-31-45(80)71-36(52(89)73-38)19-11-25-67-58(61)62/h1-6,13-16,35-43H,7-12,17-32,60H2,(H,65,79)(H,66,86)(H,69,87)(H,70,88)(H,71,80)(H,72,81)(H,73,89)(H,74,90)(H,75,91)(H,76,92)(H,77,93)(H,78,94)(H,82,83)(H,84,85)(H4,61,62,67)(H4,63,64,68)/t35-,36-,37-,38+,39?,40+,41+,42+,43+/m0/s1. The van der Waals surface area contributed by atoms with E-state index in [1.807, 2.05) is 0 Å². The van der Waals surface area contributed by atoms with Crippen molar-refractivity contribution in [1.29, 1.82) is 0 Å². The van der Waals surface area contributed by atoms with Crippen LogP contribution >= 0.6 is 0 Å². The molecule has 0 aromatic heterocycles. The van der Waals surface area contributed by atoms with Gasteiger partial charge in [-0.3, -0.25) is 77.1 Å². The molecule has 12 amide bonds. The van der Waals surface area contributed by atoms with Gasteiger partial charge in [0.05, 0.1) is 32.0 Å². The lowest BCUT2D eigenvalue weighted by Gasteiger charge is -2.26. The molecule has 0 aliphatic carbocycles. The summed E-state index contributed by atoms with van der Waals surface area (Å²) in [6.07, 6.45) is -1.32. The van der Waals surface area contributed by atoms with Crippen molar-refractivity contribution in [2.45, 2.75) is 157 Å². The highest BCUT2D eigenvalue weighted by Gasteiger charge is 2.36. The fourth-order valence-corrected chi connectivity index (χ4v) is 9.70. The minimum absolute atomic E-state index is 0.0241. The first kappa shape index (κ1) is 76.0. The van der Waals surface area contributed by atoms with Crippen molar-refractivity contribution in [3.8, 4) is 0 Å². The Hall–Kier alpha value is -10.5. The van der Waals surface area contributed by atoms with Crippen molar-refractivity contribution >= 4 is 94.7 Å². The molecular formula is C59H87N19O16. The van der Waals surface area contributed by atoms with Crippen LogP contribution in [0.3, 0.4) is 0 Å². The van der Waals surface area contributed by atoms with Gasteiger partial charge in [0.25, 0.3) is 0 Å². The molecule has 1 unspecified atom stereocenters. The number of nitrogens with one attached hydrogen (secondary N) is 12. The van der Waals surface area contributed by atoms with E-state index < -0.39 is 163 Å². The lowest BCUT2D eigenvalue weighted by Crippen LogP contribution is -2.58. The maximum atomic E-state index is 14.2. The number of amides is 12. The van der Waals surface area contributed by atoms with Crippen molar-refractivity contribution in [2.75, 3.05) is 39.3 Å². The van der Waals surface area contributed by atoms with E-state index in [2.05, 4.69) is 73.8 Å². The second-order valence-electron chi connectivity index (χ2n) is 22.3. The van der Waals surface area contributed by atoms with E-state index in [1.165, 1.54) is 0 Å². The van der Waals surface area contributed by atoms with Crippen molar-refractivity contribution in [3.05, 3.63) is 71.8 Å². The predicted octanol–water partition coefficient (Wildman–Crippen LogP) is -6.65. The highest BCUT2D eigenvalue weighted by atomic mass is 16.4. The number of hydrogen-bond donors (Lipinski definition) is 19. The second-order valence-corrected chi connectivity index (χ2v) is 22.3. The molecule has 2 heterocycles. The first-order chi connectivity index (χ1) is 44.8. The van der Waals surface area contributed by atoms with Crippen molar-refractivity contribution in [2.24, 2.45) is 38.7 Å². The molecule has 2 aromatic carbocycles. The summed E-state index contributed by atoms with van der Waals surface area (Å²) in [6.45, 7) is -1.22. The SMILES string of the molecule is NC(N)=NCCC[C@@H]1NC(=O)CNC(=O)[C@@H](CC(=O)O)NC(=O)[C@@H](Cc2ccccc2)NC(=O)C(CCCCNC(=O)[C@@H](N)CCC(=O)NCCCC[C@H]2NC(=O)[C@H](CCCN=C(N)N)NC(=O)CNC(=O)[C@@H](CC(=O)O)NC(=O)[C@@H](Cc3ccccc3)NC2=O)NC1=O. The predicted molar refractivity (Wildman–Crippen MR) is 337 cm³/mol. The first-order valence-electron chi connectivity index (χ1n) is 30.7. The van der Waals surface area contributed by atoms with Crippen LogP contribution in [0, 0.1) is 0 Å². The van der Waals surface area contributed by atoms with Gasteiger partial charge in [0.2, 0.25) is 70.9 Å². The Morgan fingerprint density at radius 3 is 1.17 bits per heavy atom. The second kappa shape index (κ2) is 40.4. The van der Waals surface area contributed by atoms with Crippen molar-refractivity contribution in [1.82, 2.24) is 63.8 Å². The van der Waals surface area contributed by atoms with Gasteiger partial charge >= 0.3 is 11.9 Å². The van der Waals surface area contributed by atoms with Gasteiger partial charge < -0.3 is 103 Å². The fraction of sp³-hybridized carbons (Fsp3) is 0.525. The van der Waals surface area contributed by atoms with Gasteiger partial charge in [0.15, 0.2) is 11.9 Å². The average molecular weight is 1320 g/mol. The van der Waals surface area contributed by atoms with E-state index in [0.717, 1.165) is 0 Å². The Morgan fingerprint density at radius 1 is 0.447 bits per heavy atom. The number of carbonyl (C=O) groups excluding carboxylic acids is 12. The summed E-state index contributed by atoms with van der Waals surface area (Å²) in [5.74, 6) is -13.4. The summed E-state index contributed by atoms with van der Waals surface area (Å²) in [7, 11) is 0. The molecule has 0 saturated carbocycles. The lowest BCUT2D eigenvalue weighted by atomic mass is 10.0. The molecule has 0 spiro atoms. The molecule has 2 saturated heterocycles. The van der Waals surface area contributed by atoms with Crippen LogP contribution in [0.25, 0.3) is 0 Å². The van der Waals surface area contributed by atoms with Gasteiger partial charge in [0.1, 0.15) is 48.3 Å². The number of hydrogen-bond acceptors (Lipinski definition) is 17. The highest BCUT2D eigenvalue weighted by molar-refractivity contribution is 6.00. The van der Waals surface area contributed by atoms with E-state index >= 15 is 0 Å². The zero-order valence-electron chi connectivity index (χ0n) is 51.9. The van der Waals surface area contributed by atoms with E-state index in [9.17, 15) is 77.3 Å². The molecule has 4 rings (SSSR count). The van der Waals surface area contributed by atoms with E-state index in [0.29, 0.717) is 11.1 Å². The molecule has 514 valence electrons. The summed E-state index contributed by atoms with van der Waals surface area (Å²) >= 11 is 0. The Bertz CT molecular complexity index is 3020. The van der Waals surface area contributed by atoms with Gasteiger partial charge in [-0.2, -0.15) is 0 Å². The van der Waals surface area contributed by atoms with Crippen LogP contribution in [-0.2, 0) is 80.0 Å². The number of unbranched alkanes of at least 4 members (excludes halogenated alkanes) is 2. The molecule has 2 fully saturated rings.